The van der Waals surface area contributed by atoms with Gasteiger partial charge in [-0.25, -0.2) is 9.97 Å². The van der Waals surface area contributed by atoms with E-state index in [0.717, 1.165) is 16.6 Å². The first-order valence-electron chi connectivity index (χ1n) is 6.42. The topological polar surface area (TPSA) is 56.5 Å². The molecule has 0 N–H and O–H groups in total. The first-order valence-corrected chi connectivity index (χ1v) is 6.80. The highest BCUT2D eigenvalue weighted by atomic mass is 35.5. The molecule has 0 amide bonds. The third kappa shape index (κ3) is 2.04. The molecule has 0 aliphatic carbocycles. The van der Waals surface area contributed by atoms with Gasteiger partial charge in [0.2, 0.25) is 0 Å². The Kier molecular flexibility index (Phi) is 3.14. The molecule has 0 aliphatic rings. The molecule has 3 aromatic rings. The summed E-state index contributed by atoms with van der Waals surface area (Å²) in [5.41, 5.74) is 2.53. The van der Waals surface area contributed by atoms with Gasteiger partial charge < -0.3 is 0 Å². The molecule has 102 valence electrons. The maximum atomic E-state index is 6.22. The number of fused-ring (bicyclic) bond motifs is 1. The molecule has 0 bridgehead atoms. The van der Waals surface area contributed by atoms with Gasteiger partial charge in [-0.05, 0) is 19.1 Å². The highest BCUT2D eigenvalue weighted by molar-refractivity contribution is 6.30. The number of benzene rings is 1. The van der Waals surface area contributed by atoms with Gasteiger partial charge in [-0.1, -0.05) is 42.8 Å². The lowest BCUT2D eigenvalue weighted by molar-refractivity contribution is 0.731. The van der Waals surface area contributed by atoms with Crippen LogP contribution >= 0.6 is 11.6 Å². The van der Waals surface area contributed by atoms with Crippen LogP contribution in [0.1, 0.15) is 31.2 Å². The average Bonchev–Trinajstić information content (AvgIpc) is 2.85. The van der Waals surface area contributed by atoms with Crippen molar-refractivity contribution in [2.24, 2.45) is 0 Å². The number of nitrogens with zero attached hydrogens (tertiary/aromatic N) is 5. The quantitative estimate of drug-likeness (QED) is 0.679. The monoisotopic (exact) mass is 287 g/mol. The molecule has 1 aromatic carbocycles. The Hall–Kier alpha value is -2.01. The molecular formula is C14H14ClN5. The van der Waals surface area contributed by atoms with E-state index in [4.69, 9.17) is 11.6 Å². The Bertz CT molecular complexity index is 778. The Morgan fingerprint density at radius 3 is 2.65 bits per heavy atom. The van der Waals surface area contributed by atoms with Crippen LogP contribution in [-0.2, 0) is 0 Å². The van der Waals surface area contributed by atoms with E-state index in [1.165, 1.54) is 0 Å². The van der Waals surface area contributed by atoms with Gasteiger partial charge >= 0.3 is 0 Å². The summed E-state index contributed by atoms with van der Waals surface area (Å²) in [6.45, 7) is 5.95. The molecule has 2 aromatic heterocycles. The minimum atomic E-state index is 0.196. The van der Waals surface area contributed by atoms with Crippen LogP contribution in [0, 0.1) is 6.92 Å². The third-order valence-corrected chi connectivity index (χ3v) is 3.51. The van der Waals surface area contributed by atoms with Gasteiger partial charge in [0.25, 0.3) is 0 Å². The number of aromatic nitrogens is 5. The molecule has 3 rings (SSSR count). The lowest BCUT2D eigenvalue weighted by atomic mass is 10.2. The van der Waals surface area contributed by atoms with E-state index in [9.17, 15) is 0 Å². The minimum absolute atomic E-state index is 0.196. The van der Waals surface area contributed by atoms with Crippen molar-refractivity contribution in [3.63, 3.8) is 0 Å². The molecule has 0 saturated heterocycles. The fourth-order valence-electron chi connectivity index (χ4n) is 1.98. The van der Waals surface area contributed by atoms with Crippen LogP contribution in [0.5, 0.6) is 0 Å². The second-order valence-corrected chi connectivity index (χ2v) is 5.32. The lowest BCUT2D eigenvalue weighted by Crippen LogP contribution is -2.09. The van der Waals surface area contributed by atoms with Gasteiger partial charge in [-0.15, -0.1) is 5.10 Å². The van der Waals surface area contributed by atoms with Crippen molar-refractivity contribution >= 4 is 22.6 Å². The van der Waals surface area contributed by atoms with Gasteiger partial charge in [-0.2, -0.15) is 4.68 Å². The molecule has 0 radical (unpaired) electrons. The zero-order chi connectivity index (χ0) is 14.3. The third-order valence-electron chi connectivity index (χ3n) is 3.15. The highest BCUT2D eigenvalue weighted by Crippen LogP contribution is 2.24. The van der Waals surface area contributed by atoms with E-state index in [1.54, 1.807) is 4.68 Å². The number of rotatable bonds is 2. The normalized spacial score (nSPS) is 11.4. The van der Waals surface area contributed by atoms with Crippen molar-refractivity contribution in [1.29, 1.82) is 0 Å². The van der Waals surface area contributed by atoms with Crippen molar-refractivity contribution in [1.82, 2.24) is 25.0 Å². The molecule has 20 heavy (non-hydrogen) atoms. The number of para-hydroxylation sites is 1. The molecule has 0 atom stereocenters. The van der Waals surface area contributed by atoms with Crippen molar-refractivity contribution in [2.45, 2.75) is 26.7 Å². The second kappa shape index (κ2) is 4.83. The zero-order valence-electron chi connectivity index (χ0n) is 11.5. The van der Waals surface area contributed by atoms with Crippen molar-refractivity contribution in [2.75, 3.05) is 0 Å². The van der Waals surface area contributed by atoms with Crippen LogP contribution in [0.4, 0.5) is 0 Å². The number of hydrogen-bond acceptors (Lipinski definition) is 4. The summed E-state index contributed by atoms with van der Waals surface area (Å²) in [4.78, 5) is 8.91. The number of halogens is 1. The average molecular weight is 288 g/mol. The van der Waals surface area contributed by atoms with Gasteiger partial charge in [0.1, 0.15) is 16.5 Å². The fraction of sp³-hybridized carbons (Fsp3) is 0.286. The molecular weight excluding hydrogens is 274 g/mol. The van der Waals surface area contributed by atoms with Crippen LogP contribution in [0.3, 0.4) is 0 Å². The van der Waals surface area contributed by atoms with Crippen LogP contribution in [-0.4, -0.2) is 25.0 Å². The Labute approximate surface area is 121 Å². The first kappa shape index (κ1) is 13.0. The van der Waals surface area contributed by atoms with Crippen molar-refractivity contribution < 1.29 is 0 Å². The first-order chi connectivity index (χ1) is 9.58. The van der Waals surface area contributed by atoms with E-state index in [1.807, 2.05) is 45.0 Å². The van der Waals surface area contributed by atoms with E-state index in [2.05, 4.69) is 20.3 Å². The van der Waals surface area contributed by atoms with E-state index >= 15 is 0 Å². The molecule has 0 fully saturated rings. The Morgan fingerprint density at radius 2 is 1.90 bits per heavy atom. The molecule has 0 spiro atoms. The van der Waals surface area contributed by atoms with E-state index in [-0.39, 0.29) is 5.92 Å². The molecule has 5 nitrogen and oxygen atoms in total. The Morgan fingerprint density at radius 1 is 1.15 bits per heavy atom. The maximum Gasteiger partial charge on any atom is 0.163 e. The van der Waals surface area contributed by atoms with Crippen molar-refractivity contribution in [3.05, 3.63) is 40.8 Å². The fourth-order valence-corrected chi connectivity index (χ4v) is 2.15. The van der Waals surface area contributed by atoms with E-state index in [0.29, 0.717) is 16.8 Å². The predicted molar refractivity (Wildman–Crippen MR) is 78.3 cm³/mol. The largest absolute Gasteiger partial charge is 0.220 e. The predicted octanol–water partition coefficient (Wildman–Crippen LogP) is 3.30. The number of hydrogen-bond donors (Lipinski definition) is 0. The molecule has 0 unspecified atom stereocenters. The van der Waals surface area contributed by atoms with Gasteiger partial charge in [0.05, 0.1) is 5.52 Å². The van der Waals surface area contributed by atoms with Gasteiger partial charge in [-0.3, -0.25) is 0 Å². The summed E-state index contributed by atoms with van der Waals surface area (Å²) in [7, 11) is 0. The standard InChI is InChI=1S/C14H14ClN5/c1-8(2)13-16-12(15)9(3)14(17-13)20-11-7-5-4-6-10(11)18-19-20/h4-8H,1-3H3. The summed E-state index contributed by atoms with van der Waals surface area (Å²) in [5.74, 6) is 1.58. The van der Waals surface area contributed by atoms with Crippen LogP contribution in [0.2, 0.25) is 5.15 Å². The lowest BCUT2D eigenvalue weighted by Gasteiger charge is -2.11. The van der Waals surface area contributed by atoms with Crippen LogP contribution in [0.15, 0.2) is 24.3 Å². The highest BCUT2D eigenvalue weighted by Gasteiger charge is 2.16. The summed E-state index contributed by atoms with van der Waals surface area (Å²) in [5, 5.41) is 8.79. The van der Waals surface area contributed by atoms with Gasteiger partial charge in [0, 0.05) is 11.5 Å². The summed E-state index contributed by atoms with van der Waals surface area (Å²) < 4.78 is 1.71. The van der Waals surface area contributed by atoms with Crippen LogP contribution < -0.4 is 0 Å². The van der Waals surface area contributed by atoms with Crippen LogP contribution in [0.25, 0.3) is 16.9 Å². The summed E-state index contributed by atoms with van der Waals surface area (Å²) in [6, 6.07) is 7.75. The zero-order valence-corrected chi connectivity index (χ0v) is 12.3. The summed E-state index contributed by atoms with van der Waals surface area (Å²) >= 11 is 6.22. The molecule has 2 heterocycles. The van der Waals surface area contributed by atoms with E-state index < -0.39 is 0 Å². The Balaban J connectivity index is 2.28. The van der Waals surface area contributed by atoms with Crippen molar-refractivity contribution in [3.8, 4) is 5.82 Å². The second-order valence-electron chi connectivity index (χ2n) is 4.97. The molecule has 6 heteroatoms. The molecule has 0 saturated carbocycles. The molecule has 0 aliphatic heterocycles. The smallest absolute Gasteiger partial charge is 0.163 e. The maximum absolute atomic E-state index is 6.22. The summed E-state index contributed by atoms with van der Waals surface area (Å²) in [6.07, 6.45) is 0. The SMILES string of the molecule is Cc1c(Cl)nc(C(C)C)nc1-n1nnc2ccccc21. The van der Waals surface area contributed by atoms with Gasteiger partial charge in [0.15, 0.2) is 5.82 Å². The minimum Gasteiger partial charge on any atom is -0.220 e.